The molecule has 0 aliphatic heterocycles. The van der Waals surface area contributed by atoms with Crippen LogP contribution in [-0.2, 0) is 26.2 Å². The Kier molecular flexibility index (Phi) is 11.7. The van der Waals surface area contributed by atoms with Crippen LogP contribution in [0.1, 0.15) is 39.2 Å². The quantitative estimate of drug-likeness (QED) is 0.217. The van der Waals surface area contributed by atoms with E-state index in [0.29, 0.717) is 27.7 Å². The highest BCUT2D eigenvalue weighted by Gasteiger charge is 2.34. The van der Waals surface area contributed by atoms with Gasteiger partial charge in [0.1, 0.15) is 12.6 Å². The van der Waals surface area contributed by atoms with Crippen LogP contribution < -0.4 is 9.62 Å². The number of halogens is 3. The second-order valence-electron chi connectivity index (χ2n) is 9.31. The first-order valence-corrected chi connectivity index (χ1v) is 16.1. The van der Waals surface area contributed by atoms with E-state index < -0.39 is 28.5 Å². The van der Waals surface area contributed by atoms with Gasteiger partial charge in [-0.2, -0.15) is 0 Å². The van der Waals surface area contributed by atoms with E-state index in [9.17, 15) is 18.0 Å². The number of hydrogen-bond donors (Lipinski definition) is 1. The number of nitrogens with zero attached hydrogens (tertiary/aromatic N) is 2. The third-order valence-corrected chi connectivity index (χ3v) is 9.69. The summed E-state index contributed by atoms with van der Waals surface area (Å²) in [6.07, 6.45) is 1.04. The van der Waals surface area contributed by atoms with Crippen molar-refractivity contribution in [1.82, 2.24) is 10.2 Å². The maximum absolute atomic E-state index is 14.1. The zero-order valence-electron chi connectivity index (χ0n) is 22.5. The van der Waals surface area contributed by atoms with Crippen molar-refractivity contribution in [2.24, 2.45) is 0 Å². The number of carbonyl (C=O) groups excluding carboxylic acids is 2. The van der Waals surface area contributed by atoms with E-state index in [-0.39, 0.29) is 23.4 Å². The predicted molar refractivity (Wildman–Crippen MR) is 169 cm³/mol. The van der Waals surface area contributed by atoms with Gasteiger partial charge in [0, 0.05) is 16.2 Å². The molecule has 0 bridgehead atoms. The minimum atomic E-state index is -4.11. The molecule has 2 amide bonds. The highest BCUT2D eigenvalue weighted by molar-refractivity contribution is 14.1. The van der Waals surface area contributed by atoms with Crippen LogP contribution in [0.4, 0.5) is 5.69 Å². The van der Waals surface area contributed by atoms with Gasteiger partial charge in [0.05, 0.1) is 20.6 Å². The summed E-state index contributed by atoms with van der Waals surface area (Å²) >= 11 is 14.5. The van der Waals surface area contributed by atoms with Crippen molar-refractivity contribution in [3.8, 4) is 0 Å². The predicted octanol–water partition coefficient (Wildman–Crippen LogP) is 6.52. The smallest absolute Gasteiger partial charge is 0.264 e. The van der Waals surface area contributed by atoms with Gasteiger partial charge in [-0.3, -0.25) is 13.9 Å². The van der Waals surface area contributed by atoms with Gasteiger partial charge in [-0.05, 0) is 96.5 Å². The normalized spacial score (nSPS) is 12.8. The van der Waals surface area contributed by atoms with E-state index in [2.05, 4.69) is 27.9 Å². The molecule has 0 aliphatic carbocycles. The van der Waals surface area contributed by atoms with Crippen LogP contribution in [-0.4, -0.2) is 43.8 Å². The summed E-state index contributed by atoms with van der Waals surface area (Å²) in [6, 6.07) is 18.9. The van der Waals surface area contributed by atoms with Crippen LogP contribution in [0.25, 0.3) is 0 Å². The summed E-state index contributed by atoms with van der Waals surface area (Å²) < 4.78 is 29.6. The monoisotopic (exact) mass is 715 g/mol. The van der Waals surface area contributed by atoms with Crippen molar-refractivity contribution in [1.29, 1.82) is 0 Å². The van der Waals surface area contributed by atoms with Gasteiger partial charge in [-0.25, -0.2) is 8.42 Å². The van der Waals surface area contributed by atoms with Gasteiger partial charge in [0.15, 0.2) is 0 Å². The zero-order valence-corrected chi connectivity index (χ0v) is 27.0. The number of benzene rings is 3. The Morgan fingerprint density at radius 3 is 2.15 bits per heavy atom. The topological polar surface area (TPSA) is 86.8 Å². The van der Waals surface area contributed by atoms with Crippen LogP contribution >= 0.6 is 45.8 Å². The first-order chi connectivity index (χ1) is 19.0. The van der Waals surface area contributed by atoms with Gasteiger partial charge in [-0.1, -0.05) is 61.3 Å². The van der Waals surface area contributed by atoms with Crippen LogP contribution in [0.2, 0.25) is 10.0 Å². The highest BCUT2D eigenvalue weighted by atomic mass is 127. The molecular weight excluding hydrogens is 684 g/mol. The lowest BCUT2D eigenvalue weighted by molar-refractivity contribution is -0.140. The minimum Gasteiger partial charge on any atom is -0.352 e. The van der Waals surface area contributed by atoms with E-state index in [1.807, 2.05) is 20.8 Å². The fourth-order valence-corrected chi connectivity index (χ4v) is 6.17. The molecule has 11 heteroatoms. The average molecular weight is 716 g/mol. The number of hydrogen-bond acceptors (Lipinski definition) is 4. The van der Waals surface area contributed by atoms with Crippen LogP contribution in [0.5, 0.6) is 0 Å². The molecule has 0 aliphatic rings. The lowest BCUT2D eigenvalue weighted by Crippen LogP contribution is -2.53. The number of nitrogens with one attached hydrogen (secondary N) is 1. The summed E-state index contributed by atoms with van der Waals surface area (Å²) in [5.41, 5.74) is 0.994. The second-order valence-corrected chi connectivity index (χ2v) is 13.2. The third kappa shape index (κ3) is 8.11. The van der Waals surface area contributed by atoms with Crippen molar-refractivity contribution in [3.63, 3.8) is 0 Å². The van der Waals surface area contributed by atoms with Crippen molar-refractivity contribution in [3.05, 3.63) is 92.0 Å². The highest BCUT2D eigenvalue weighted by Crippen LogP contribution is 2.27. The maximum atomic E-state index is 14.1. The Balaban J connectivity index is 2.06. The number of rotatable bonds is 12. The first kappa shape index (κ1) is 32.2. The molecule has 0 aromatic heterocycles. The van der Waals surface area contributed by atoms with E-state index in [4.69, 9.17) is 23.2 Å². The summed E-state index contributed by atoms with van der Waals surface area (Å²) in [5, 5.41) is 3.64. The van der Waals surface area contributed by atoms with Gasteiger partial charge >= 0.3 is 0 Å². The molecule has 0 fully saturated rings. The van der Waals surface area contributed by atoms with E-state index in [1.165, 1.54) is 17.0 Å². The maximum Gasteiger partial charge on any atom is 0.264 e. The molecule has 1 N–H and O–H groups in total. The number of sulfonamides is 1. The van der Waals surface area contributed by atoms with Gasteiger partial charge in [-0.15, -0.1) is 0 Å². The van der Waals surface area contributed by atoms with Crippen LogP contribution in [0.15, 0.2) is 77.7 Å². The lowest BCUT2D eigenvalue weighted by Gasteiger charge is -2.33. The Morgan fingerprint density at radius 1 is 0.925 bits per heavy atom. The molecule has 0 radical (unpaired) electrons. The second kappa shape index (κ2) is 14.5. The first-order valence-electron chi connectivity index (χ1n) is 12.8. The fourth-order valence-electron chi connectivity index (χ4n) is 4.05. The molecule has 0 saturated carbocycles. The van der Waals surface area contributed by atoms with Gasteiger partial charge < -0.3 is 10.2 Å². The molecule has 3 aromatic carbocycles. The number of anilines is 1. The standard InChI is InChI=1S/C29H32Cl2IN3O4S/c1-4-20(3)33-29(37)27(5-2)34(18-21-11-16-25(30)26(31)17-21)28(36)19-35(23-14-12-22(32)13-15-23)40(38,39)24-9-7-6-8-10-24/h6-17,20,27H,4-5,18-19H2,1-3H3,(H,33,37)/t20-,27+/m1/s1. The van der Waals surface area contributed by atoms with Gasteiger partial charge in [0.2, 0.25) is 11.8 Å². The molecule has 0 heterocycles. The molecule has 3 aromatic rings. The van der Waals surface area contributed by atoms with E-state index in [0.717, 1.165) is 14.3 Å². The molecule has 2 atom stereocenters. The van der Waals surface area contributed by atoms with Crippen molar-refractivity contribution >= 4 is 73.3 Å². The molecule has 0 unspecified atom stereocenters. The van der Waals surface area contributed by atoms with Crippen LogP contribution in [0.3, 0.4) is 0 Å². The summed E-state index contributed by atoms with van der Waals surface area (Å²) in [7, 11) is -4.11. The summed E-state index contributed by atoms with van der Waals surface area (Å²) in [4.78, 5) is 28.9. The molecule has 0 spiro atoms. The Hall–Kier alpha value is -2.34. The van der Waals surface area contributed by atoms with Crippen molar-refractivity contribution in [2.75, 3.05) is 10.8 Å². The van der Waals surface area contributed by atoms with Gasteiger partial charge in [0.25, 0.3) is 10.0 Å². The minimum absolute atomic E-state index is 0.0358. The van der Waals surface area contributed by atoms with Crippen molar-refractivity contribution in [2.45, 2.75) is 57.1 Å². The molecular formula is C29H32Cl2IN3O4S. The van der Waals surface area contributed by atoms with Crippen molar-refractivity contribution < 1.29 is 18.0 Å². The van der Waals surface area contributed by atoms with Crippen LogP contribution in [0, 0.1) is 3.57 Å². The Labute approximate surface area is 260 Å². The molecule has 0 saturated heterocycles. The summed E-state index contributed by atoms with van der Waals surface area (Å²) in [6.45, 7) is 5.19. The number of carbonyl (C=O) groups is 2. The zero-order chi connectivity index (χ0) is 29.4. The molecule has 214 valence electrons. The number of amides is 2. The SMILES string of the molecule is CC[C@@H](C)NC(=O)[C@H](CC)N(Cc1ccc(Cl)c(Cl)c1)C(=O)CN(c1ccc(I)cc1)S(=O)(=O)c1ccccc1. The fraction of sp³-hybridized carbons (Fsp3) is 0.310. The molecule has 3 rings (SSSR count). The molecule has 40 heavy (non-hydrogen) atoms. The van der Waals surface area contributed by atoms with E-state index in [1.54, 1.807) is 60.7 Å². The summed E-state index contributed by atoms with van der Waals surface area (Å²) in [5.74, 6) is -0.840. The third-order valence-electron chi connectivity index (χ3n) is 6.45. The molecule has 7 nitrogen and oxygen atoms in total. The van der Waals surface area contributed by atoms with E-state index >= 15 is 0 Å². The largest absolute Gasteiger partial charge is 0.352 e. The Bertz CT molecular complexity index is 1420. The Morgan fingerprint density at radius 2 is 1.57 bits per heavy atom. The average Bonchev–Trinajstić information content (AvgIpc) is 2.94. The lowest BCUT2D eigenvalue weighted by atomic mass is 10.1.